The maximum absolute atomic E-state index is 13.1. The second kappa shape index (κ2) is 10.1. The Morgan fingerprint density at radius 2 is 2.17 bits per heavy atom. The highest BCUT2D eigenvalue weighted by Gasteiger charge is 2.25. The molecule has 0 radical (unpaired) electrons. The van der Waals surface area contributed by atoms with E-state index in [0.29, 0.717) is 36.3 Å². The number of carboxylic acid groups (broad SMARTS) is 1. The van der Waals surface area contributed by atoms with Crippen LogP contribution in [0.1, 0.15) is 18.2 Å². The van der Waals surface area contributed by atoms with E-state index in [0.717, 1.165) is 12.1 Å². The van der Waals surface area contributed by atoms with Crippen molar-refractivity contribution in [1.29, 1.82) is 0 Å². The SMILES string of the molecule is CC(=O)N(C[C@@H]1CN(Cc2ccc(F)cc2)CCO1)Sc1nc(CC(=O)O)cs1. The molecule has 1 amide bonds. The van der Waals surface area contributed by atoms with Gasteiger partial charge in [-0.2, -0.15) is 0 Å². The smallest absolute Gasteiger partial charge is 0.309 e. The number of halogens is 1. The molecule has 0 aliphatic carbocycles. The molecule has 0 spiro atoms. The van der Waals surface area contributed by atoms with Crippen LogP contribution in [0.5, 0.6) is 0 Å². The predicted molar refractivity (Wildman–Crippen MR) is 108 cm³/mol. The van der Waals surface area contributed by atoms with Gasteiger partial charge in [-0.1, -0.05) is 12.1 Å². The van der Waals surface area contributed by atoms with Gasteiger partial charge in [-0.05, 0) is 17.7 Å². The van der Waals surface area contributed by atoms with Gasteiger partial charge in [0.2, 0.25) is 5.91 Å². The largest absolute Gasteiger partial charge is 0.481 e. The summed E-state index contributed by atoms with van der Waals surface area (Å²) >= 11 is 2.52. The van der Waals surface area contributed by atoms with Gasteiger partial charge in [0, 0.05) is 43.9 Å². The van der Waals surface area contributed by atoms with Crippen LogP contribution in [0.15, 0.2) is 34.0 Å². The minimum absolute atomic E-state index is 0.121. The first-order valence-electron chi connectivity index (χ1n) is 9.09. The van der Waals surface area contributed by atoms with Crippen LogP contribution >= 0.6 is 23.3 Å². The molecule has 1 N–H and O–H groups in total. The highest BCUT2D eigenvalue weighted by molar-refractivity contribution is 7.99. The molecule has 1 atom stereocenters. The average molecular weight is 440 g/mol. The molecule has 3 rings (SSSR count). The molecule has 0 bridgehead atoms. The molecule has 7 nitrogen and oxygen atoms in total. The first kappa shape index (κ1) is 21.7. The van der Waals surface area contributed by atoms with Gasteiger partial charge in [0.05, 0.1) is 31.4 Å². The number of morpholine rings is 1. The highest BCUT2D eigenvalue weighted by Crippen LogP contribution is 2.27. The van der Waals surface area contributed by atoms with Gasteiger partial charge in [-0.15, -0.1) is 11.3 Å². The first-order valence-corrected chi connectivity index (χ1v) is 10.7. The number of carbonyl (C=O) groups excluding carboxylic acids is 1. The van der Waals surface area contributed by atoms with Gasteiger partial charge in [0.25, 0.3) is 0 Å². The molecule has 2 aromatic rings. The van der Waals surface area contributed by atoms with Crippen LogP contribution in [0.25, 0.3) is 0 Å². The molecular formula is C19H22FN3O4S2. The molecule has 156 valence electrons. The van der Waals surface area contributed by atoms with Crippen LogP contribution in [0.2, 0.25) is 0 Å². The number of carboxylic acids is 1. The van der Waals surface area contributed by atoms with E-state index in [4.69, 9.17) is 9.84 Å². The molecule has 1 aliphatic heterocycles. The number of nitrogens with zero attached hydrogens (tertiary/aromatic N) is 3. The summed E-state index contributed by atoms with van der Waals surface area (Å²) < 4.78 is 21.1. The molecule has 1 saturated heterocycles. The molecule has 1 aromatic carbocycles. The van der Waals surface area contributed by atoms with Crippen molar-refractivity contribution in [2.45, 2.75) is 30.3 Å². The van der Waals surface area contributed by atoms with Crippen LogP contribution < -0.4 is 0 Å². The summed E-state index contributed by atoms with van der Waals surface area (Å²) in [5.74, 6) is -1.31. The Hall–Kier alpha value is -2.01. The molecular weight excluding hydrogens is 417 g/mol. The van der Waals surface area contributed by atoms with E-state index in [2.05, 4.69) is 9.88 Å². The van der Waals surface area contributed by atoms with E-state index in [1.807, 2.05) is 0 Å². The van der Waals surface area contributed by atoms with Gasteiger partial charge in [-0.3, -0.25) is 18.8 Å². The fourth-order valence-electron chi connectivity index (χ4n) is 2.96. The Morgan fingerprint density at radius 3 is 2.86 bits per heavy atom. The summed E-state index contributed by atoms with van der Waals surface area (Å²) in [6.07, 6.45) is -0.291. The van der Waals surface area contributed by atoms with Crippen LogP contribution in [0.4, 0.5) is 4.39 Å². The molecule has 0 unspecified atom stereocenters. The first-order chi connectivity index (χ1) is 13.9. The van der Waals surface area contributed by atoms with Crippen molar-refractivity contribution in [3.8, 4) is 0 Å². The maximum Gasteiger partial charge on any atom is 0.309 e. The Kier molecular flexibility index (Phi) is 7.59. The molecule has 2 heterocycles. The number of amides is 1. The Labute approximate surface area is 176 Å². The van der Waals surface area contributed by atoms with Gasteiger partial charge in [-0.25, -0.2) is 9.37 Å². The molecule has 1 aromatic heterocycles. The summed E-state index contributed by atoms with van der Waals surface area (Å²) in [5, 5.41) is 10.6. The summed E-state index contributed by atoms with van der Waals surface area (Å²) in [6.45, 7) is 4.56. The number of carbonyl (C=O) groups is 2. The number of hydrogen-bond donors (Lipinski definition) is 1. The molecule has 0 saturated carbocycles. The van der Waals surface area contributed by atoms with E-state index in [9.17, 15) is 14.0 Å². The summed E-state index contributed by atoms with van der Waals surface area (Å²) in [7, 11) is 0. The number of aliphatic carboxylic acids is 1. The predicted octanol–water partition coefficient (Wildman–Crippen LogP) is 2.67. The minimum atomic E-state index is -0.938. The van der Waals surface area contributed by atoms with Crippen molar-refractivity contribution in [2.75, 3.05) is 26.2 Å². The fourth-order valence-corrected chi connectivity index (χ4v) is 4.80. The lowest BCUT2D eigenvalue weighted by molar-refractivity contribution is -0.136. The van der Waals surface area contributed by atoms with E-state index >= 15 is 0 Å². The van der Waals surface area contributed by atoms with Crippen LogP contribution in [-0.2, 0) is 27.3 Å². The van der Waals surface area contributed by atoms with E-state index in [1.165, 1.54) is 42.3 Å². The third-order valence-electron chi connectivity index (χ3n) is 4.31. The number of benzene rings is 1. The molecule has 1 aliphatic rings. The second-order valence-corrected chi connectivity index (χ2v) is 8.83. The lowest BCUT2D eigenvalue weighted by Gasteiger charge is -2.35. The number of hydrogen-bond acceptors (Lipinski definition) is 7. The standard InChI is InChI=1S/C19H22FN3O4S2/c1-13(24)23(29-19-21-16(12-28-19)8-18(25)26)11-17-10-22(6-7-27-17)9-14-2-4-15(20)5-3-14/h2-5,12,17H,6-11H2,1H3,(H,25,26)/t17-/m0/s1. The Balaban J connectivity index is 1.56. The molecule has 29 heavy (non-hydrogen) atoms. The molecule has 1 fully saturated rings. The monoisotopic (exact) mass is 439 g/mol. The highest BCUT2D eigenvalue weighted by atomic mass is 32.2. The van der Waals surface area contributed by atoms with Crippen LogP contribution in [0.3, 0.4) is 0 Å². The zero-order valence-corrected chi connectivity index (χ0v) is 17.5. The second-order valence-electron chi connectivity index (χ2n) is 6.70. The Bertz CT molecular complexity index is 846. The van der Waals surface area contributed by atoms with Gasteiger partial charge >= 0.3 is 5.97 Å². The van der Waals surface area contributed by atoms with Crippen LogP contribution in [0, 0.1) is 5.82 Å². The molecule has 10 heteroatoms. The van der Waals surface area contributed by atoms with E-state index in [1.54, 1.807) is 21.8 Å². The van der Waals surface area contributed by atoms with Gasteiger partial charge in [0.15, 0.2) is 4.34 Å². The van der Waals surface area contributed by atoms with Crippen molar-refractivity contribution < 1.29 is 23.8 Å². The average Bonchev–Trinajstić information content (AvgIpc) is 3.09. The Morgan fingerprint density at radius 1 is 1.41 bits per heavy atom. The fraction of sp³-hybridized carbons (Fsp3) is 0.421. The van der Waals surface area contributed by atoms with Crippen molar-refractivity contribution in [3.63, 3.8) is 0 Å². The lowest BCUT2D eigenvalue weighted by Crippen LogP contribution is -2.46. The summed E-state index contributed by atoms with van der Waals surface area (Å²) in [6, 6.07) is 6.45. The number of rotatable bonds is 8. The van der Waals surface area contributed by atoms with Crippen molar-refractivity contribution in [2.24, 2.45) is 0 Å². The minimum Gasteiger partial charge on any atom is -0.481 e. The number of aromatic nitrogens is 1. The lowest BCUT2D eigenvalue weighted by atomic mass is 10.2. The van der Waals surface area contributed by atoms with E-state index < -0.39 is 5.97 Å². The van der Waals surface area contributed by atoms with Gasteiger partial charge in [0.1, 0.15) is 5.82 Å². The summed E-state index contributed by atoms with van der Waals surface area (Å²) in [5.41, 5.74) is 1.51. The number of ether oxygens (including phenoxy) is 1. The maximum atomic E-state index is 13.1. The van der Waals surface area contributed by atoms with Crippen LogP contribution in [-0.4, -0.2) is 63.5 Å². The number of thiazole rings is 1. The third-order valence-corrected chi connectivity index (χ3v) is 6.38. The van der Waals surface area contributed by atoms with Crippen molar-refractivity contribution >= 4 is 35.2 Å². The zero-order valence-electron chi connectivity index (χ0n) is 15.9. The zero-order chi connectivity index (χ0) is 20.8. The van der Waals surface area contributed by atoms with Crippen molar-refractivity contribution in [3.05, 3.63) is 46.7 Å². The van der Waals surface area contributed by atoms with Crippen molar-refractivity contribution in [1.82, 2.24) is 14.2 Å². The van der Waals surface area contributed by atoms with Gasteiger partial charge < -0.3 is 9.84 Å². The third kappa shape index (κ3) is 6.77. The normalized spacial score (nSPS) is 17.2. The topological polar surface area (TPSA) is 83.0 Å². The summed E-state index contributed by atoms with van der Waals surface area (Å²) in [4.78, 5) is 29.4. The van der Waals surface area contributed by atoms with E-state index in [-0.39, 0.29) is 24.2 Å². The quantitative estimate of drug-likeness (QED) is 0.633.